The van der Waals surface area contributed by atoms with Crippen LogP contribution in [0.25, 0.3) is 0 Å². The van der Waals surface area contributed by atoms with Crippen molar-refractivity contribution >= 4 is 5.91 Å². The molecule has 4 heteroatoms. The molecule has 1 aromatic carbocycles. The van der Waals surface area contributed by atoms with E-state index in [0.717, 1.165) is 12.0 Å². The minimum absolute atomic E-state index is 0.0568. The van der Waals surface area contributed by atoms with E-state index in [1.54, 1.807) is 18.7 Å². The van der Waals surface area contributed by atoms with E-state index in [4.69, 9.17) is 0 Å². The maximum atomic E-state index is 12.2. The average Bonchev–Trinajstić information content (AvgIpc) is 2.37. The molecule has 0 radical (unpaired) electrons. The first-order valence-corrected chi connectivity index (χ1v) is 7.44. The maximum absolute atomic E-state index is 12.2. The Morgan fingerprint density at radius 3 is 2.14 bits per heavy atom. The summed E-state index contributed by atoms with van der Waals surface area (Å²) in [7, 11) is 3.66. The summed E-state index contributed by atoms with van der Waals surface area (Å²) < 4.78 is 0. The molecule has 0 heterocycles. The predicted molar refractivity (Wildman–Crippen MR) is 86.1 cm³/mol. The molecule has 0 saturated carbocycles. The fourth-order valence-corrected chi connectivity index (χ4v) is 2.31. The van der Waals surface area contributed by atoms with Crippen LogP contribution in [0.1, 0.15) is 31.9 Å². The summed E-state index contributed by atoms with van der Waals surface area (Å²) in [4.78, 5) is 15.7. The lowest BCUT2D eigenvalue weighted by Crippen LogP contribution is -2.42. The Balaban J connectivity index is 2.50. The Labute approximate surface area is 128 Å². The number of carbonyl (C=O) groups is 1. The fourth-order valence-electron chi connectivity index (χ4n) is 2.31. The first-order chi connectivity index (χ1) is 9.71. The van der Waals surface area contributed by atoms with Crippen LogP contribution in [-0.4, -0.2) is 53.6 Å². The highest BCUT2D eigenvalue weighted by molar-refractivity contribution is 5.77. The van der Waals surface area contributed by atoms with Crippen molar-refractivity contribution in [3.63, 3.8) is 0 Å². The molecule has 0 aliphatic carbocycles. The predicted octanol–water partition coefficient (Wildman–Crippen LogP) is 1.91. The maximum Gasteiger partial charge on any atom is 0.236 e. The summed E-state index contributed by atoms with van der Waals surface area (Å²) in [6.07, 6.45) is 1.02. The monoisotopic (exact) mass is 292 g/mol. The van der Waals surface area contributed by atoms with Crippen molar-refractivity contribution in [2.75, 3.05) is 27.2 Å². The number of hydrogen-bond donors (Lipinski definition) is 1. The zero-order valence-corrected chi connectivity index (χ0v) is 13.9. The van der Waals surface area contributed by atoms with Crippen LogP contribution in [-0.2, 0) is 17.8 Å². The molecule has 0 atom stereocenters. The van der Waals surface area contributed by atoms with Crippen LogP contribution >= 0.6 is 0 Å². The molecule has 0 bridgehead atoms. The third kappa shape index (κ3) is 6.74. The van der Waals surface area contributed by atoms with Gasteiger partial charge >= 0.3 is 0 Å². The molecule has 0 aliphatic rings. The standard InChI is InChI=1S/C17H28N2O2/c1-6-14-7-9-15(10-8-14)11-19(5)16(20)12-18(4)13-17(2,3)21/h7-10,21H,6,11-13H2,1-5H3. The van der Waals surface area contributed by atoms with E-state index in [1.165, 1.54) is 5.56 Å². The zero-order valence-electron chi connectivity index (χ0n) is 13.9. The molecule has 0 aliphatic heterocycles. The first kappa shape index (κ1) is 17.7. The van der Waals surface area contributed by atoms with Gasteiger partial charge in [0.25, 0.3) is 0 Å². The number of benzene rings is 1. The second-order valence-electron chi connectivity index (χ2n) is 6.40. The Morgan fingerprint density at radius 1 is 1.14 bits per heavy atom. The number of likely N-dealkylation sites (N-methyl/N-ethyl adjacent to an activating group) is 2. The molecule has 1 rings (SSSR count). The number of aryl methyl sites for hydroxylation is 1. The second-order valence-corrected chi connectivity index (χ2v) is 6.40. The molecule has 0 saturated heterocycles. The SMILES string of the molecule is CCc1ccc(CN(C)C(=O)CN(C)CC(C)(C)O)cc1. The van der Waals surface area contributed by atoms with Crippen molar-refractivity contribution in [3.8, 4) is 0 Å². The number of amides is 1. The Kier molecular flexibility index (Phi) is 6.37. The molecular weight excluding hydrogens is 264 g/mol. The van der Waals surface area contributed by atoms with Crippen LogP contribution in [0, 0.1) is 0 Å². The van der Waals surface area contributed by atoms with E-state index >= 15 is 0 Å². The molecule has 0 spiro atoms. The van der Waals surface area contributed by atoms with E-state index in [9.17, 15) is 9.90 Å². The molecule has 1 amide bonds. The first-order valence-electron chi connectivity index (χ1n) is 7.44. The second kappa shape index (κ2) is 7.57. The van der Waals surface area contributed by atoms with Gasteiger partial charge in [-0.1, -0.05) is 31.2 Å². The smallest absolute Gasteiger partial charge is 0.236 e. The lowest BCUT2D eigenvalue weighted by Gasteiger charge is -2.27. The largest absolute Gasteiger partial charge is 0.389 e. The van der Waals surface area contributed by atoms with Gasteiger partial charge in [-0.2, -0.15) is 0 Å². The summed E-state index contributed by atoms with van der Waals surface area (Å²) in [5.74, 6) is 0.0568. The Morgan fingerprint density at radius 2 is 1.67 bits per heavy atom. The summed E-state index contributed by atoms with van der Waals surface area (Å²) in [5.41, 5.74) is 1.65. The van der Waals surface area contributed by atoms with Crippen LogP contribution in [0.5, 0.6) is 0 Å². The normalized spacial score (nSPS) is 11.8. The molecule has 0 fully saturated rings. The van der Waals surface area contributed by atoms with E-state index in [-0.39, 0.29) is 5.91 Å². The molecule has 118 valence electrons. The van der Waals surface area contributed by atoms with Gasteiger partial charge in [-0.05, 0) is 38.4 Å². The van der Waals surface area contributed by atoms with Crippen molar-refractivity contribution in [2.45, 2.75) is 39.3 Å². The van der Waals surface area contributed by atoms with Crippen molar-refractivity contribution in [2.24, 2.45) is 0 Å². The van der Waals surface area contributed by atoms with E-state index in [0.29, 0.717) is 19.6 Å². The number of hydrogen-bond acceptors (Lipinski definition) is 3. The van der Waals surface area contributed by atoms with Gasteiger partial charge in [0.05, 0.1) is 12.1 Å². The number of nitrogens with zero attached hydrogens (tertiary/aromatic N) is 2. The number of aliphatic hydroxyl groups is 1. The lowest BCUT2D eigenvalue weighted by molar-refractivity contribution is -0.131. The highest BCUT2D eigenvalue weighted by atomic mass is 16.3. The zero-order chi connectivity index (χ0) is 16.0. The van der Waals surface area contributed by atoms with Crippen LogP contribution < -0.4 is 0 Å². The van der Waals surface area contributed by atoms with Crippen molar-refractivity contribution < 1.29 is 9.90 Å². The molecule has 0 aromatic heterocycles. The van der Waals surface area contributed by atoms with Gasteiger partial charge in [0.2, 0.25) is 5.91 Å². The van der Waals surface area contributed by atoms with Crippen molar-refractivity contribution in [1.29, 1.82) is 0 Å². The molecule has 0 unspecified atom stereocenters. The molecule has 21 heavy (non-hydrogen) atoms. The van der Waals surface area contributed by atoms with Crippen molar-refractivity contribution in [1.82, 2.24) is 9.80 Å². The van der Waals surface area contributed by atoms with Crippen LogP contribution in [0.2, 0.25) is 0 Å². The summed E-state index contributed by atoms with van der Waals surface area (Å²) in [6, 6.07) is 8.36. The van der Waals surface area contributed by atoms with Gasteiger partial charge < -0.3 is 10.0 Å². The fraction of sp³-hybridized carbons (Fsp3) is 0.588. The van der Waals surface area contributed by atoms with Crippen LogP contribution in [0.3, 0.4) is 0 Å². The van der Waals surface area contributed by atoms with Gasteiger partial charge in [-0.25, -0.2) is 0 Å². The topological polar surface area (TPSA) is 43.8 Å². The molecule has 1 N–H and O–H groups in total. The van der Waals surface area contributed by atoms with Crippen LogP contribution in [0.4, 0.5) is 0 Å². The Hall–Kier alpha value is -1.39. The van der Waals surface area contributed by atoms with Crippen molar-refractivity contribution in [3.05, 3.63) is 35.4 Å². The quantitative estimate of drug-likeness (QED) is 0.835. The highest BCUT2D eigenvalue weighted by Gasteiger charge is 2.18. The third-order valence-corrected chi connectivity index (χ3v) is 3.34. The minimum atomic E-state index is -0.788. The van der Waals surface area contributed by atoms with E-state index in [1.807, 2.05) is 19.0 Å². The number of carbonyl (C=O) groups excluding carboxylic acids is 1. The van der Waals surface area contributed by atoms with E-state index < -0.39 is 5.60 Å². The van der Waals surface area contributed by atoms with Gasteiger partial charge in [0, 0.05) is 20.1 Å². The third-order valence-electron chi connectivity index (χ3n) is 3.34. The lowest BCUT2D eigenvalue weighted by atomic mass is 10.1. The molecule has 1 aromatic rings. The average molecular weight is 292 g/mol. The molecular formula is C17H28N2O2. The summed E-state index contributed by atoms with van der Waals surface area (Å²) in [5, 5.41) is 9.76. The Bertz CT molecular complexity index is 449. The van der Waals surface area contributed by atoms with Gasteiger partial charge in [-0.15, -0.1) is 0 Å². The molecule has 4 nitrogen and oxygen atoms in total. The summed E-state index contributed by atoms with van der Waals surface area (Å²) >= 11 is 0. The van der Waals surface area contributed by atoms with Crippen LogP contribution in [0.15, 0.2) is 24.3 Å². The van der Waals surface area contributed by atoms with Gasteiger partial charge in [-0.3, -0.25) is 9.69 Å². The van der Waals surface area contributed by atoms with Gasteiger partial charge in [0.1, 0.15) is 0 Å². The highest BCUT2D eigenvalue weighted by Crippen LogP contribution is 2.08. The van der Waals surface area contributed by atoms with Gasteiger partial charge in [0.15, 0.2) is 0 Å². The summed E-state index contributed by atoms with van der Waals surface area (Å²) in [6.45, 7) is 7.01. The minimum Gasteiger partial charge on any atom is -0.389 e. The number of rotatable bonds is 7. The van der Waals surface area contributed by atoms with E-state index in [2.05, 4.69) is 31.2 Å².